The molecule has 1 unspecified atom stereocenters. The number of aryl methyl sites for hydroxylation is 1. The molecule has 0 bridgehead atoms. The van der Waals surface area contributed by atoms with E-state index in [1.165, 1.54) is 0 Å². The van der Waals surface area contributed by atoms with Crippen LogP contribution in [-0.2, 0) is 6.54 Å². The Labute approximate surface area is 105 Å². The smallest absolute Gasteiger partial charge is 0.181 e. The zero-order valence-corrected chi connectivity index (χ0v) is 11.3. The number of halogens is 1. The molecule has 0 aliphatic rings. The first kappa shape index (κ1) is 13.0. The van der Waals surface area contributed by atoms with E-state index in [9.17, 15) is 0 Å². The van der Waals surface area contributed by atoms with Gasteiger partial charge in [0.2, 0.25) is 0 Å². The van der Waals surface area contributed by atoms with Crippen molar-refractivity contribution in [3.05, 3.63) is 27.7 Å². The molecule has 1 atom stereocenters. The number of hydrogen-bond acceptors (Lipinski definition) is 3. The molecule has 0 amide bonds. The molecule has 1 N–H and O–H groups in total. The highest BCUT2D eigenvalue weighted by Crippen LogP contribution is 2.28. The average molecular weight is 283 g/mol. The van der Waals surface area contributed by atoms with Crippen LogP contribution in [0.4, 0.5) is 0 Å². The predicted molar refractivity (Wildman–Crippen MR) is 67.3 cm³/mol. The van der Waals surface area contributed by atoms with E-state index in [-0.39, 0.29) is 0 Å². The van der Waals surface area contributed by atoms with Crippen LogP contribution in [0.3, 0.4) is 0 Å². The maximum absolute atomic E-state index is 8.76. The molecular weight excluding hydrogens is 268 g/mol. The van der Waals surface area contributed by atoms with Crippen molar-refractivity contribution in [2.75, 3.05) is 7.05 Å². The Morgan fingerprint density at radius 1 is 1.56 bits per heavy atom. The maximum Gasteiger partial charge on any atom is 0.181 e. The Morgan fingerprint density at radius 2 is 2.25 bits per heavy atom. The van der Waals surface area contributed by atoms with Crippen LogP contribution in [0.2, 0.25) is 0 Å². The minimum absolute atomic E-state index is 0.435. The summed E-state index contributed by atoms with van der Waals surface area (Å²) in [5.74, 6) is 0.798. The molecule has 0 aliphatic carbocycles. The van der Waals surface area contributed by atoms with Gasteiger partial charge in [0.25, 0.3) is 0 Å². The lowest BCUT2D eigenvalue weighted by atomic mass is 10.1. The molecule has 3 nitrogen and oxygen atoms in total. The van der Waals surface area contributed by atoms with Crippen molar-refractivity contribution in [2.45, 2.75) is 26.5 Å². The molecule has 0 aliphatic heterocycles. The second-order valence-electron chi connectivity index (χ2n) is 3.63. The monoisotopic (exact) mass is 282 g/mol. The first-order valence-corrected chi connectivity index (χ1v) is 5.87. The topological polar surface area (TPSA) is 45.0 Å². The van der Waals surface area contributed by atoms with E-state index in [1.807, 2.05) is 26.1 Å². The summed E-state index contributed by atoms with van der Waals surface area (Å²) in [6.07, 6.45) is -0.435. The van der Waals surface area contributed by atoms with Crippen LogP contribution in [0.15, 0.2) is 16.6 Å². The highest BCUT2D eigenvalue weighted by atomic mass is 79.9. The first-order chi connectivity index (χ1) is 7.58. The van der Waals surface area contributed by atoms with Crippen molar-refractivity contribution < 1.29 is 4.74 Å². The molecule has 0 aromatic heterocycles. The van der Waals surface area contributed by atoms with Gasteiger partial charge in [-0.05, 0) is 38.6 Å². The lowest BCUT2D eigenvalue weighted by Gasteiger charge is -2.16. The fourth-order valence-electron chi connectivity index (χ4n) is 1.49. The van der Waals surface area contributed by atoms with Gasteiger partial charge in [-0.3, -0.25) is 0 Å². The van der Waals surface area contributed by atoms with Gasteiger partial charge in [-0.1, -0.05) is 15.9 Å². The van der Waals surface area contributed by atoms with Crippen molar-refractivity contribution >= 4 is 15.9 Å². The van der Waals surface area contributed by atoms with Crippen LogP contribution in [0, 0.1) is 18.3 Å². The van der Waals surface area contributed by atoms with Gasteiger partial charge in [0.1, 0.15) is 11.8 Å². The van der Waals surface area contributed by atoms with Crippen molar-refractivity contribution in [1.82, 2.24) is 5.32 Å². The number of nitrogens with zero attached hydrogens (tertiary/aromatic N) is 1. The molecule has 0 radical (unpaired) electrons. The van der Waals surface area contributed by atoms with Crippen LogP contribution < -0.4 is 10.1 Å². The van der Waals surface area contributed by atoms with E-state index >= 15 is 0 Å². The summed E-state index contributed by atoms with van der Waals surface area (Å²) in [5, 5.41) is 11.8. The van der Waals surface area contributed by atoms with Gasteiger partial charge < -0.3 is 10.1 Å². The fraction of sp³-hybridized carbons (Fsp3) is 0.417. The highest BCUT2D eigenvalue weighted by Gasteiger charge is 2.11. The molecule has 1 rings (SSSR count). The molecule has 0 fully saturated rings. The van der Waals surface area contributed by atoms with Gasteiger partial charge in [0, 0.05) is 16.6 Å². The van der Waals surface area contributed by atoms with E-state index in [0.717, 1.165) is 21.3 Å². The number of nitrogens with one attached hydrogen (secondary N) is 1. The summed E-state index contributed by atoms with van der Waals surface area (Å²) >= 11 is 3.45. The second kappa shape index (κ2) is 5.88. The fourth-order valence-corrected chi connectivity index (χ4v) is 2.11. The lowest BCUT2D eigenvalue weighted by Crippen LogP contribution is -2.13. The summed E-state index contributed by atoms with van der Waals surface area (Å²) in [6, 6.07) is 6.06. The SMILES string of the molecule is CNCc1cc(Br)cc(C)c1OC(C)C#N. The molecule has 16 heavy (non-hydrogen) atoms. The number of rotatable bonds is 4. The molecule has 1 aromatic carbocycles. The van der Waals surface area contributed by atoms with Gasteiger partial charge in [-0.2, -0.15) is 5.26 Å². The maximum atomic E-state index is 8.76. The molecule has 86 valence electrons. The average Bonchev–Trinajstić information content (AvgIpc) is 2.23. The summed E-state index contributed by atoms with van der Waals surface area (Å²) < 4.78 is 6.63. The molecule has 1 aromatic rings. The number of hydrogen-bond donors (Lipinski definition) is 1. The third-order valence-corrected chi connectivity index (χ3v) is 2.62. The lowest BCUT2D eigenvalue weighted by molar-refractivity contribution is 0.271. The summed E-state index contributed by atoms with van der Waals surface area (Å²) in [6.45, 7) is 4.43. The minimum atomic E-state index is -0.435. The minimum Gasteiger partial charge on any atom is -0.475 e. The quantitative estimate of drug-likeness (QED) is 0.924. The Morgan fingerprint density at radius 3 is 2.81 bits per heavy atom. The molecule has 0 saturated heterocycles. The van der Waals surface area contributed by atoms with E-state index in [1.54, 1.807) is 6.92 Å². The Bertz CT molecular complexity index is 412. The van der Waals surface area contributed by atoms with Gasteiger partial charge in [0.05, 0.1) is 0 Å². The van der Waals surface area contributed by atoms with Crippen molar-refractivity contribution in [1.29, 1.82) is 5.26 Å². The normalized spacial score (nSPS) is 11.9. The van der Waals surface area contributed by atoms with Crippen LogP contribution in [0.1, 0.15) is 18.1 Å². The zero-order chi connectivity index (χ0) is 12.1. The molecule has 0 spiro atoms. The van der Waals surface area contributed by atoms with E-state index in [0.29, 0.717) is 6.54 Å². The van der Waals surface area contributed by atoms with Gasteiger partial charge >= 0.3 is 0 Å². The third-order valence-electron chi connectivity index (χ3n) is 2.16. The summed E-state index contributed by atoms with van der Waals surface area (Å²) in [7, 11) is 1.88. The van der Waals surface area contributed by atoms with Crippen LogP contribution in [0.5, 0.6) is 5.75 Å². The van der Waals surface area contributed by atoms with E-state index in [2.05, 4.69) is 27.3 Å². The largest absolute Gasteiger partial charge is 0.475 e. The Kier molecular flexibility index (Phi) is 4.78. The Hall–Kier alpha value is -1.05. The molecule has 0 saturated carbocycles. The van der Waals surface area contributed by atoms with Crippen molar-refractivity contribution in [3.63, 3.8) is 0 Å². The number of nitriles is 1. The molecule has 4 heteroatoms. The van der Waals surface area contributed by atoms with Crippen LogP contribution in [0.25, 0.3) is 0 Å². The molecular formula is C12H15BrN2O. The van der Waals surface area contributed by atoms with Gasteiger partial charge in [0.15, 0.2) is 6.10 Å². The standard InChI is InChI=1S/C12H15BrN2O/c1-8-4-11(13)5-10(7-15-3)12(8)16-9(2)6-14/h4-5,9,15H,7H2,1-3H3. The third kappa shape index (κ3) is 3.22. The molecule has 0 heterocycles. The number of ether oxygens (including phenoxy) is 1. The van der Waals surface area contributed by atoms with E-state index < -0.39 is 6.10 Å². The van der Waals surface area contributed by atoms with Crippen LogP contribution in [-0.4, -0.2) is 13.2 Å². The predicted octanol–water partition coefficient (Wildman–Crippen LogP) is 2.77. The van der Waals surface area contributed by atoms with Crippen LogP contribution >= 0.6 is 15.9 Å². The highest BCUT2D eigenvalue weighted by molar-refractivity contribution is 9.10. The summed E-state index contributed by atoms with van der Waals surface area (Å²) in [5.41, 5.74) is 2.08. The van der Waals surface area contributed by atoms with Gasteiger partial charge in [-0.15, -0.1) is 0 Å². The second-order valence-corrected chi connectivity index (χ2v) is 4.55. The van der Waals surface area contributed by atoms with Crippen molar-refractivity contribution in [2.24, 2.45) is 0 Å². The Balaban J connectivity index is 3.09. The zero-order valence-electron chi connectivity index (χ0n) is 9.67. The summed E-state index contributed by atoms with van der Waals surface area (Å²) in [4.78, 5) is 0. The first-order valence-electron chi connectivity index (χ1n) is 5.08. The van der Waals surface area contributed by atoms with Gasteiger partial charge in [-0.25, -0.2) is 0 Å². The number of benzene rings is 1. The van der Waals surface area contributed by atoms with Crippen molar-refractivity contribution in [3.8, 4) is 11.8 Å². The van der Waals surface area contributed by atoms with E-state index in [4.69, 9.17) is 10.00 Å².